The Balaban J connectivity index is 2.76. The molecule has 0 spiro atoms. The average Bonchev–Trinajstić information content (AvgIpc) is 2.39. The van der Waals surface area contributed by atoms with Crippen LogP contribution in [-0.2, 0) is 0 Å². The molecule has 1 atom stereocenters. The molecule has 4 nitrogen and oxygen atoms in total. The third-order valence-electron chi connectivity index (χ3n) is 4.95. The Morgan fingerprint density at radius 3 is 2.05 bits per heavy atom. The van der Waals surface area contributed by atoms with Crippen LogP contribution in [0.15, 0.2) is 0 Å². The van der Waals surface area contributed by atoms with Crippen LogP contribution in [0.5, 0.6) is 0 Å². The molecule has 1 rings (SSSR count). The van der Waals surface area contributed by atoms with Gasteiger partial charge in [0.15, 0.2) is 0 Å². The number of hydrogen-bond donors (Lipinski definition) is 1. The second-order valence-corrected chi connectivity index (χ2v) is 6.96. The van der Waals surface area contributed by atoms with Gasteiger partial charge in [0.1, 0.15) is 0 Å². The van der Waals surface area contributed by atoms with Gasteiger partial charge in [-0.25, -0.2) is 0 Å². The van der Waals surface area contributed by atoms with Crippen LogP contribution in [0.3, 0.4) is 0 Å². The first-order valence-electron chi connectivity index (χ1n) is 8.22. The molecule has 120 valence electrons. The molecule has 20 heavy (non-hydrogen) atoms. The van der Waals surface area contributed by atoms with Crippen molar-refractivity contribution >= 4 is 0 Å². The Bertz CT molecular complexity index is 270. The molecule has 1 unspecified atom stereocenters. The van der Waals surface area contributed by atoms with Gasteiger partial charge < -0.3 is 15.5 Å². The van der Waals surface area contributed by atoms with E-state index in [0.29, 0.717) is 12.1 Å². The highest BCUT2D eigenvalue weighted by Gasteiger charge is 2.40. The van der Waals surface area contributed by atoms with Crippen LogP contribution in [0.1, 0.15) is 40.5 Å². The van der Waals surface area contributed by atoms with Crippen LogP contribution in [0, 0.1) is 0 Å². The first-order chi connectivity index (χ1) is 9.36. The van der Waals surface area contributed by atoms with Gasteiger partial charge in [0.2, 0.25) is 0 Å². The molecule has 0 aromatic carbocycles. The predicted octanol–water partition coefficient (Wildman–Crippen LogP) is 1.46. The van der Waals surface area contributed by atoms with Crippen molar-refractivity contribution in [3.63, 3.8) is 0 Å². The molecule has 4 heteroatoms. The van der Waals surface area contributed by atoms with E-state index in [2.05, 4.69) is 56.5 Å². The zero-order chi connectivity index (χ0) is 15.3. The number of likely N-dealkylation sites (N-methyl/N-ethyl adjacent to an activating group) is 2. The fourth-order valence-electron chi connectivity index (χ4n) is 3.81. The van der Waals surface area contributed by atoms with E-state index in [9.17, 15) is 0 Å². The SMILES string of the molecule is CCN(C(C)CN(C)C)C1(CN)CCN(C(C)C)CC1. The van der Waals surface area contributed by atoms with E-state index in [-0.39, 0.29) is 5.54 Å². The molecule has 1 aliphatic heterocycles. The highest BCUT2D eigenvalue weighted by molar-refractivity contribution is 4.98. The maximum atomic E-state index is 6.23. The molecule has 0 saturated carbocycles. The predicted molar refractivity (Wildman–Crippen MR) is 88.1 cm³/mol. The monoisotopic (exact) mass is 284 g/mol. The largest absolute Gasteiger partial charge is 0.329 e. The summed E-state index contributed by atoms with van der Waals surface area (Å²) in [4.78, 5) is 7.52. The Kier molecular flexibility index (Phi) is 6.92. The molecule has 1 aliphatic rings. The molecule has 2 N–H and O–H groups in total. The van der Waals surface area contributed by atoms with Crippen LogP contribution in [0.4, 0.5) is 0 Å². The van der Waals surface area contributed by atoms with E-state index in [4.69, 9.17) is 5.73 Å². The number of rotatable bonds is 7. The van der Waals surface area contributed by atoms with Crippen molar-refractivity contribution in [3.05, 3.63) is 0 Å². The Morgan fingerprint density at radius 2 is 1.70 bits per heavy atom. The summed E-state index contributed by atoms with van der Waals surface area (Å²) in [5.74, 6) is 0. The summed E-state index contributed by atoms with van der Waals surface area (Å²) in [5.41, 5.74) is 6.44. The minimum absolute atomic E-state index is 0.204. The third-order valence-corrected chi connectivity index (χ3v) is 4.95. The first kappa shape index (κ1) is 17.9. The van der Waals surface area contributed by atoms with Gasteiger partial charge in [-0.15, -0.1) is 0 Å². The summed E-state index contributed by atoms with van der Waals surface area (Å²) in [6.07, 6.45) is 2.40. The van der Waals surface area contributed by atoms with E-state index in [1.165, 1.54) is 25.9 Å². The van der Waals surface area contributed by atoms with Crippen LogP contribution >= 0.6 is 0 Å². The van der Waals surface area contributed by atoms with Crippen molar-refractivity contribution in [2.45, 2.75) is 58.2 Å². The lowest BCUT2D eigenvalue weighted by molar-refractivity contribution is -0.00762. The maximum absolute atomic E-state index is 6.23. The van der Waals surface area contributed by atoms with Gasteiger partial charge in [0, 0.05) is 43.8 Å². The van der Waals surface area contributed by atoms with E-state index in [1.807, 2.05) is 0 Å². The summed E-state index contributed by atoms with van der Waals surface area (Å²) in [6.45, 7) is 14.5. The lowest BCUT2D eigenvalue weighted by Crippen LogP contribution is -2.63. The normalized spacial score (nSPS) is 21.9. The van der Waals surface area contributed by atoms with E-state index in [1.54, 1.807) is 0 Å². The Labute approximate surface area is 126 Å². The number of nitrogens with zero attached hydrogens (tertiary/aromatic N) is 3. The van der Waals surface area contributed by atoms with Crippen molar-refractivity contribution < 1.29 is 0 Å². The fraction of sp³-hybridized carbons (Fsp3) is 1.00. The van der Waals surface area contributed by atoms with Crippen LogP contribution in [-0.4, -0.2) is 79.1 Å². The lowest BCUT2D eigenvalue weighted by atomic mass is 9.84. The molecule has 0 radical (unpaired) electrons. The number of piperidine rings is 1. The summed E-state index contributed by atoms with van der Waals surface area (Å²) in [5, 5.41) is 0. The van der Waals surface area contributed by atoms with Gasteiger partial charge in [-0.1, -0.05) is 6.92 Å². The third kappa shape index (κ3) is 4.17. The van der Waals surface area contributed by atoms with Crippen LogP contribution in [0.25, 0.3) is 0 Å². The first-order valence-corrected chi connectivity index (χ1v) is 8.22. The van der Waals surface area contributed by atoms with E-state index < -0.39 is 0 Å². The summed E-state index contributed by atoms with van der Waals surface area (Å²) in [6, 6.07) is 1.21. The van der Waals surface area contributed by atoms with Gasteiger partial charge in [0.05, 0.1) is 0 Å². The number of nitrogens with two attached hydrogens (primary N) is 1. The summed E-state index contributed by atoms with van der Waals surface area (Å²) in [7, 11) is 4.31. The van der Waals surface area contributed by atoms with Crippen LogP contribution in [0.2, 0.25) is 0 Å². The average molecular weight is 284 g/mol. The topological polar surface area (TPSA) is 35.7 Å². The fourth-order valence-corrected chi connectivity index (χ4v) is 3.81. The smallest absolute Gasteiger partial charge is 0.0359 e. The number of hydrogen-bond acceptors (Lipinski definition) is 4. The second kappa shape index (κ2) is 7.74. The van der Waals surface area contributed by atoms with Crippen molar-refractivity contribution in [1.29, 1.82) is 0 Å². The molecule has 0 amide bonds. The van der Waals surface area contributed by atoms with Crippen molar-refractivity contribution in [3.8, 4) is 0 Å². The van der Waals surface area contributed by atoms with Gasteiger partial charge >= 0.3 is 0 Å². The molecular weight excluding hydrogens is 248 g/mol. The quantitative estimate of drug-likeness (QED) is 0.768. The van der Waals surface area contributed by atoms with E-state index in [0.717, 1.165) is 19.6 Å². The number of likely N-dealkylation sites (tertiary alicyclic amines) is 1. The molecular formula is C16H36N4. The molecule has 0 aromatic rings. The van der Waals surface area contributed by atoms with Crippen molar-refractivity contribution in [1.82, 2.24) is 14.7 Å². The summed E-state index contributed by atoms with van der Waals surface area (Å²) >= 11 is 0. The molecule has 1 fully saturated rings. The van der Waals surface area contributed by atoms with Gasteiger partial charge in [0.25, 0.3) is 0 Å². The van der Waals surface area contributed by atoms with Crippen LogP contribution < -0.4 is 5.73 Å². The van der Waals surface area contributed by atoms with Crippen molar-refractivity contribution in [2.75, 3.05) is 46.8 Å². The summed E-state index contributed by atoms with van der Waals surface area (Å²) < 4.78 is 0. The standard InChI is InChI=1S/C16H36N4/c1-7-20(15(4)12-18(5)6)16(13-17)8-10-19(11-9-16)14(2)3/h14-15H,7-13,17H2,1-6H3. The lowest BCUT2D eigenvalue weighted by Gasteiger charge is -2.51. The Morgan fingerprint density at radius 1 is 1.15 bits per heavy atom. The van der Waals surface area contributed by atoms with Crippen molar-refractivity contribution in [2.24, 2.45) is 5.73 Å². The highest BCUT2D eigenvalue weighted by Crippen LogP contribution is 2.30. The molecule has 1 heterocycles. The van der Waals surface area contributed by atoms with Gasteiger partial charge in [-0.3, -0.25) is 4.90 Å². The minimum Gasteiger partial charge on any atom is -0.329 e. The zero-order valence-corrected chi connectivity index (χ0v) is 14.5. The van der Waals surface area contributed by atoms with Gasteiger partial charge in [-0.05, 0) is 54.3 Å². The minimum atomic E-state index is 0.204. The molecule has 0 bridgehead atoms. The van der Waals surface area contributed by atoms with Gasteiger partial charge in [-0.2, -0.15) is 0 Å². The van der Waals surface area contributed by atoms with E-state index >= 15 is 0 Å². The maximum Gasteiger partial charge on any atom is 0.0359 e. The molecule has 1 saturated heterocycles. The zero-order valence-electron chi connectivity index (χ0n) is 14.5. The second-order valence-electron chi connectivity index (χ2n) is 6.96. The highest BCUT2D eigenvalue weighted by atomic mass is 15.3. The Hall–Kier alpha value is -0.160. The molecule has 0 aliphatic carbocycles. The molecule has 0 aromatic heterocycles.